The Kier molecular flexibility index (Phi) is 6.53. The van der Waals surface area contributed by atoms with E-state index in [-0.39, 0.29) is 11.2 Å². The molecule has 1 N–H and O–H groups in total. The molecule has 1 atom stereocenters. The minimum absolute atomic E-state index is 0.0306. The van der Waals surface area contributed by atoms with Crippen LogP contribution in [0, 0.1) is 13.8 Å². The van der Waals surface area contributed by atoms with Gasteiger partial charge in [0.2, 0.25) is 5.91 Å². The number of hydrogen-bond donors (Lipinski definition) is 1. The highest BCUT2D eigenvalue weighted by molar-refractivity contribution is 8.00. The number of thioether (sulfide) groups is 1. The second-order valence-electron chi connectivity index (χ2n) is 5.53. The van der Waals surface area contributed by atoms with Crippen molar-refractivity contribution in [2.75, 3.05) is 13.2 Å². The molecular weight excluding hydrogens is 306 g/mol. The van der Waals surface area contributed by atoms with Gasteiger partial charge in [0.05, 0.1) is 11.8 Å². The normalized spacial score (nSPS) is 11.8. The molecule has 0 aliphatic carbocycles. The second-order valence-corrected chi connectivity index (χ2v) is 6.94. The van der Waals surface area contributed by atoms with Crippen LogP contribution in [0.1, 0.15) is 18.1 Å². The van der Waals surface area contributed by atoms with Crippen LogP contribution in [0.4, 0.5) is 0 Å². The number of nitrogens with one attached hydrogen (secondary N) is 1. The van der Waals surface area contributed by atoms with Crippen molar-refractivity contribution in [3.63, 3.8) is 0 Å². The van der Waals surface area contributed by atoms with E-state index < -0.39 is 0 Å². The van der Waals surface area contributed by atoms with Crippen LogP contribution in [0.25, 0.3) is 0 Å². The number of ether oxygens (including phenoxy) is 1. The lowest BCUT2D eigenvalue weighted by Gasteiger charge is -2.12. The lowest BCUT2D eigenvalue weighted by Crippen LogP contribution is -2.33. The quantitative estimate of drug-likeness (QED) is 0.617. The SMILES string of the molecule is Cc1ccc(OCCNC(=O)C(C)Sc2ccc(C)cc2)cc1. The standard InChI is InChI=1S/C19H23NO2S/c1-14-4-8-17(9-5-14)22-13-12-20-19(21)16(3)23-18-10-6-15(2)7-11-18/h4-11,16H,12-13H2,1-3H3,(H,20,21). The first-order chi connectivity index (χ1) is 11.0. The highest BCUT2D eigenvalue weighted by Gasteiger charge is 2.13. The van der Waals surface area contributed by atoms with Gasteiger partial charge in [0.1, 0.15) is 12.4 Å². The number of carbonyl (C=O) groups excluding carboxylic acids is 1. The number of carbonyl (C=O) groups is 1. The monoisotopic (exact) mass is 329 g/mol. The molecule has 2 aromatic rings. The van der Waals surface area contributed by atoms with Gasteiger partial charge >= 0.3 is 0 Å². The van der Waals surface area contributed by atoms with Gasteiger partial charge in [-0.1, -0.05) is 35.4 Å². The molecule has 1 amide bonds. The number of hydrogen-bond acceptors (Lipinski definition) is 3. The topological polar surface area (TPSA) is 38.3 Å². The molecule has 0 fully saturated rings. The van der Waals surface area contributed by atoms with Gasteiger partial charge in [0.25, 0.3) is 0 Å². The average molecular weight is 329 g/mol. The van der Waals surface area contributed by atoms with Crippen molar-refractivity contribution in [2.24, 2.45) is 0 Å². The molecule has 0 saturated heterocycles. The van der Waals surface area contributed by atoms with Crippen LogP contribution < -0.4 is 10.1 Å². The molecular formula is C19H23NO2S. The second kappa shape index (κ2) is 8.63. The molecule has 0 aromatic heterocycles. The molecule has 1 unspecified atom stereocenters. The predicted octanol–water partition coefficient (Wildman–Crippen LogP) is 3.98. The van der Waals surface area contributed by atoms with Gasteiger partial charge in [-0.05, 0) is 45.0 Å². The van der Waals surface area contributed by atoms with E-state index in [9.17, 15) is 4.79 Å². The molecule has 122 valence electrons. The Morgan fingerprint density at radius 3 is 2.22 bits per heavy atom. The first kappa shape index (κ1) is 17.4. The molecule has 0 heterocycles. The van der Waals surface area contributed by atoms with Crippen molar-refractivity contribution in [1.29, 1.82) is 0 Å². The average Bonchev–Trinajstić information content (AvgIpc) is 2.55. The molecule has 0 aliphatic rings. The molecule has 0 bridgehead atoms. The summed E-state index contributed by atoms with van der Waals surface area (Å²) >= 11 is 1.56. The van der Waals surface area contributed by atoms with Crippen LogP contribution in [-0.4, -0.2) is 24.3 Å². The zero-order valence-corrected chi connectivity index (χ0v) is 14.7. The fourth-order valence-corrected chi connectivity index (χ4v) is 2.89. The first-order valence-electron chi connectivity index (χ1n) is 7.75. The smallest absolute Gasteiger partial charge is 0.233 e. The fraction of sp³-hybridized carbons (Fsp3) is 0.316. The van der Waals surface area contributed by atoms with E-state index in [1.165, 1.54) is 11.1 Å². The molecule has 3 nitrogen and oxygen atoms in total. The van der Waals surface area contributed by atoms with Crippen molar-refractivity contribution in [3.8, 4) is 5.75 Å². The lowest BCUT2D eigenvalue weighted by atomic mass is 10.2. The van der Waals surface area contributed by atoms with Crippen LogP contribution in [0.2, 0.25) is 0 Å². The maximum atomic E-state index is 12.1. The van der Waals surface area contributed by atoms with Gasteiger partial charge in [-0.3, -0.25) is 4.79 Å². The summed E-state index contributed by atoms with van der Waals surface area (Å²) in [7, 11) is 0. The molecule has 0 spiro atoms. The molecule has 23 heavy (non-hydrogen) atoms. The minimum Gasteiger partial charge on any atom is -0.492 e. The van der Waals surface area contributed by atoms with Crippen molar-refractivity contribution < 1.29 is 9.53 Å². The third-order valence-electron chi connectivity index (χ3n) is 3.39. The number of rotatable bonds is 7. The Bertz CT molecular complexity index is 623. The van der Waals surface area contributed by atoms with Crippen molar-refractivity contribution in [1.82, 2.24) is 5.32 Å². The van der Waals surface area contributed by atoms with Gasteiger partial charge in [-0.25, -0.2) is 0 Å². The van der Waals surface area contributed by atoms with E-state index >= 15 is 0 Å². The Hall–Kier alpha value is -1.94. The summed E-state index contributed by atoms with van der Waals surface area (Å²) in [5.74, 6) is 0.856. The maximum absolute atomic E-state index is 12.1. The number of amides is 1. The summed E-state index contributed by atoms with van der Waals surface area (Å²) in [6.45, 7) is 6.98. The highest BCUT2D eigenvalue weighted by Crippen LogP contribution is 2.23. The third-order valence-corrected chi connectivity index (χ3v) is 4.51. The molecule has 0 aliphatic heterocycles. The number of aryl methyl sites for hydroxylation is 2. The van der Waals surface area contributed by atoms with Crippen LogP contribution in [-0.2, 0) is 4.79 Å². The third kappa shape index (κ3) is 5.99. The maximum Gasteiger partial charge on any atom is 0.233 e. The fourth-order valence-electron chi connectivity index (χ4n) is 2.00. The van der Waals surface area contributed by atoms with Crippen molar-refractivity contribution in [2.45, 2.75) is 30.9 Å². The van der Waals surface area contributed by atoms with Crippen LogP contribution in [0.3, 0.4) is 0 Å². The summed E-state index contributed by atoms with van der Waals surface area (Å²) in [5, 5.41) is 2.78. The lowest BCUT2D eigenvalue weighted by molar-refractivity contribution is -0.120. The number of benzene rings is 2. The van der Waals surface area contributed by atoms with Crippen LogP contribution in [0.5, 0.6) is 5.75 Å². The van der Waals surface area contributed by atoms with E-state index in [2.05, 4.69) is 24.4 Å². The zero-order chi connectivity index (χ0) is 16.7. The van der Waals surface area contributed by atoms with E-state index in [1.54, 1.807) is 11.8 Å². The van der Waals surface area contributed by atoms with Gasteiger partial charge in [0, 0.05) is 4.90 Å². The summed E-state index contributed by atoms with van der Waals surface area (Å²) in [6, 6.07) is 16.1. The predicted molar refractivity (Wildman–Crippen MR) is 96.2 cm³/mol. The van der Waals surface area contributed by atoms with Crippen molar-refractivity contribution in [3.05, 3.63) is 59.7 Å². The minimum atomic E-state index is -0.128. The van der Waals surface area contributed by atoms with E-state index in [0.717, 1.165) is 10.6 Å². The van der Waals surface area contributed by atoms with E-state index in [1.807, 2.05) is 50.2 Å². The Morgan fingerprint density at radius 2 is 1.61 bits per heavy atom. The Labute approximate surface area is 142 Å². The molecule has 4 heteroatoms. The summed E-state index contributed by atoms with van der Waals surface area (Å²) in [4.78, 5) is 13.2. The van der Waals surface area contributed by atoms with Crippen LogP contribution >= 0.6 is 11.8 Å². The Balaban J connectivity index is 1.69. The summed E-state index contributed by atoms with van der Waals surface area (Å²) in [6.07, 6.45) is 0. The van der Waals surface area contributed by atoms with Gasteiger partial charge in [-0.15, -0.1) is 11.8 Å². The van der Waals surface area contributed by atoms with E-state index in [0.29, 0.717) is 13.2 Å². The molecule has 0 saturated carbocycles. The van der Waals surface area contributed by atoms with Gasteiger partial charge < -0.3 is 10.1 Å². The van der Waals surface area contributed by atoms with Crippen molar-refractivity contribution >= 4 is 17.7 Å². The molecule has 0 radical (unpaired) electrons. The molecule has 2 rings (SSSR count). The first-order valence-corrected chi connectivity index (χ1v) is 8.63. The highest BCUT2D eigenvalue weighted by atomic mass is 32.2. The van der Waals surface area contributed by atoms with E-state index in [4.69, 9.17) is 4.74 Å². The largest absolute Gasteiger partial charge is 0.492 e. The summed E-state index contributed by atoms with van der Waals surface area (Å²) < 4.78 is 5.60. The molecule has 2 aromatic carbocycles. The van der Waals surface area contributed by atoms with Gasteiger partial charge in [-0.2, -0.15) is 0 Å². The van der Waals surface area contributed by atoms with Gasteiger partial charge in [0.15, 0.2) is 0 Å². The Morgan fingerprint density at radius 1 is 1.04 bits per heavy atom. The van der Waals surface area contributed by atoms with Crippen LogP contribution in [0.15, 0.2) is 53.4 Å². The zero-order valence-electron chi connectivity index (χ0n) is 13.8. The summed E-state index contributed by atoms with van der Waals surface area (Å²) in [5.41, 5.74) is 2.42.